The number of rotatable bonds is 3. The third-order valence-electron chi connectivity index (χ3n) is 3.95. The molecular formula is C12H15BrN2O2S. The fraction of sp³-hybridized carbons (Fsp3) is 0.500. The SMILES string of the molecule is NS(=O)(=O)c1ccc(NC2CCC3CC32)c(Br)c1. The van der Waals surface area contributed by atoms with Gasteiger partial charge < -0.3 is 5.32 Å². The Kier molecular flexibility index (Phi) is 2.91. The standard InChI is InChI=1S/C12H15BrN2O2S/c13-10-6-8(18(14,16)17)2-4-12(10)15-11-3-1-7-5-9(7)11/h2,4,6-7,9,11,15H,1,3,5H2,(H2,14,16,17). The van der Waals surface area contributed by atoms with Gasteiger partial charge in [-0.05, 0) is 65.2 Å². The lowest BCUT2D eigenvalue weighted by Crippen LogP contribution is -2.19. The fourth-order valence-electron chi connectivity index (χ4n) is 2.87. The van der Waals surface area contributed by atoms with Gasteiger partial charge in [0.1, 0.15) is 0 Å². The first-order valence-corrected chi connectivity index (χ1v) is 8.38. The first-order valence-electron chi connectivity index (χ1n) is 6.04. The van der Waals surface area contributed by atoms with Gasteiger partial charge >= 0.3 is 0 Å². The molecule has 3 rings (SSSR count). The smallest absolute Gasteiger partial charge is 0.238 e. The van der Waals surface area contributed by atoms with E-state index in [1.165, 1.54) is 19.3 Å². The highest BCUT2D eigenvalue weighted by atomic mass is 79.9. The summed E-state index contributed by atoms with van der Waals surface area (Å²) in [5, 5.41) is 8.60. The maximum atomic E-state index is 11.2. The second-order valence-corrected chi connectivity index (χ2v) is 7.59. The van der Waals surface area contributed by atoms with Crippen LogP contribution in [0.25, 0.3) is 0 Å². The number of hydrogen-bond acceptors (Lipinski definition) is 3. The Morgan fingerprint density at radius 3 is 2.61 bits per heavy atom. The highest BCUT2D eigenvalue weighted by Crippen LogP contribution is 2.52. The number of nitrogens with two attached hydrogens (primary N) is 1. The van der Waals surface area contributed by atoms with Crippen molar-refractivity contribution < 1.29 is 8.42 Å². The molecule has 6 heteroatoms. The summed E-state index contributed by atoms with van der Waals surface area (Å²) in [4.78, 5) is 0.135. The lowest BCUT2D eigenvalue weighted by Gasteiger charge is -2.17. The van der Waals surface area contributed by atoms with Gasteiger partial charge in [-0.2, -0.15) is 0 Å². The van der Waals surface area contributed by atoms with E-state index in [1.54, 1.807) is 18.2 Å². The summed E-state index contributed by atoms with van der Waals surface area (Å²) in [6.07, 6.45) is 3.86. The maximum absolute atomic E-state index is 11.2. The number of anilines is 1. The number of hydrogen-bond donors (Lipinski definition) is 2. The topological polar surface area (TPSA) is 72.2 Å². The number of benzene rings is 1. The van der Waals surface area contributed by atoms with Crippen LogP contribution < -0.4 is 10.5 Å². The number of nitrogens with one attached hydrogen (secondary N) is 1. The van der Waals surface area contributed by atoms with Crippen molar-refractivity contribution in [3.63, 3.8) is 0 Å². The Bertz CT molecular complexity index is 588. The van der Waals surface area contributed by atoms with Crippen molar-refractivity contribution >= 4 is 31.6 Å². The Labute approximate surface area is 115 Å². The molecule has 2 saturated carbocycles. The summed E-state index contributed by atoms with van der Waals surface area (Å²) in [6.45, 7) is 0. The van der Waals surface area contributed by atoms with Gasteiger partial charge in [0.2, 0.25) is 10.0 Å². The molecule has 0 saturated heterocycles. The number of fused-ring (bicyclic) bond motifs is 1. The molecule has 2 aliphatic rings. The number of halogens is 1. The average molecular weight is 331 g/mol. The van der Waals surface area contributed by atoms with Gasteiger partial charge in [-0.3, -0.25) is 0 Å². The third-order valence-corrected chi connectivity index (χ3v) is 5.52. The molecule has 98 valence electrons. The summed E-state index contributed by atoms with van der Waals surface area (Å²) in [6, 6.07) is 5.41. The minimum absolute atomic E-state index is 0.135. The molecule has 0 aromatic heterocycles. The van der Waals surface area contributed by atoms with Crippen LogP contribution in [0.4, 0.5) is 5.69 Å². The number of primary sulfonamides is 1. The van der Waals surface area contributed by atoms with E-state index in [9.17, 15) is 8.42 Å². The van der Waals surface area contributed by atoms with E-state index in [0.29, 0.717) is 6.04 Å². The van der Waals surface area contributed by atoms with Crippen LogP contribution in [0.5, 0.6) is 0 Å². The van der Waals surface area contributed by atoms with Gasteiger partial charge in [0, 0.05) is 16.2 Å². The van der Waals surface area contributed by atoms with E-state index in [0.717, 1.165) is 22.0 Å². The fourth-order valence-corrected chi connectivity index (χ4v) is 4.06. The highest BCUT2D eigenvalue weighted by molar-refractivity contribution is 9.10. The van der Waals surface area contributed by atoms with E-state index in [-0.39, 0.29) is 4.90 Å². The lowest BCUT2D eigenvalue weighted by atomic mass is 10.1. The van der Waals surface area contributed by atoms with Gasteiger partial charge in [-0.1, -0.05) is 0 Å². The molecular weight excluding hydrogens is 316 g/mol. The summed E-state index contributed by atoms with van der Waals surface area (Å²) in [5.74, 6) is 1.74. The molecule has 0 amide bonds. The van der Waals surface area contributed by atoms with Crippen molar-refractivity contribution in [1.29, 1.82) is 0 Å². The second kappa shape index (κ2) is 4.21. The van der Waals surface area contributed by atoms with E-state index in [2.05, 4.69) is 21.2 Å². The van der Waals surface area contributed by atoms with Crippen molar-refractivity contribution in [2.45, 2.75) is 30.2 Å². The zero-order valence-electron chi connectivity index (χ0n) is 9.77. The zero-order chi connectivity index (χ0) is 12.9. The zero-order valence-corrected chi connectivity index (χ0v) is 12.2. The molecule has 0 heterocycles. The van der Waals surface area contributed by atoms with Crippen LogP contribution in [0.2, 0.25) is 0 Å². The monoisotopic (exact) mass is 330 g/mol. The Hall–Kier alpha value is -0.590. The van der Waals surface area contributed by atoms with Gasteiger partial charge in [-0.15, -0.1) is 0 Å². The van der Waals surface area contributed by atoms with E-state index in [1.807, 2.05) is 0 Å². The molecule has 0 bridgehead atoms. The van der Waals surface area contributed by atoms with Crippen LogP contribution in [-0.4, -0.2) is 14.5 Å². The van der Waals surface area contributed by atoms with E-state index >= 15 is 0 Å². The largest absolute Gasteiger partial charge is 0.381 e. The molecule has 3 unspecified atom stereocenters. The van der Waals surface area contributed by atoms with Crippen molar-refractivity contribution in [3.05, 3.63) is 22.7 Å². The van der Waals surface area contributed by atoms with Crippen molar-refractivity contribution in [1.82, 2.24) is 0 Å². The maximum Gasteiger partial charge on any atom is 0.238 e. The quantitative estimate of drug-likeness (QED) is 0.893. The number of sulfonamides is 1. The van der Waals surface area contributed by atoms with Crippen LogP contribution in [0, 0.1) is 11.8 Å². The molecule has 0 aliphatic heterocycles. The predicted molar refractivity (Wildman–Crippen MR) is 73.8 cm³/mol. The summed E-state index contributed by atoms with van der Waals surface area (Å²) in [5.41, 5.74) is 0.944. The van der Waals surface area contributed by atoms with Gasteiger partial charge in [-0.25, -0.2) is 13.6 Å². The molecule has 3 N–H and O–H groups in total. The van der Waals surface area contributed by atoms with Crippen molar-refractivity contribution in [3.8, 4) is 0 Å². The van der Waals surface area contributed by atoms with Crippen molar-refractivity contribution in [2.24, 2.45) is 17.0 Å². The average Bonchev–Trinajstić information content (AvgIpc) is 2.96. The predicted octanol–water partition coefficient (Wildman–Crippen LogP) is 2.31. The van der Waals surface area contributed by atoms with Gasteiger partial charge in [0.25, 0.3) is 0 Å². The summed E-state index contributed by atoms with van der Waals surface area (Å²) >= 11 is 3.40. The Balaban J connectivity index is 1.81. The summed E-state index contributed by atoms with van der Waals surface area (Å²) < 4.78 is 23.2. The van der Waals surface area contributed by atoms with E-state index in [4.69, 9.17) is 5.14 Å². The van der Waals surface area contributed by atoms with Crippen LogP contribution in [0.1, 0.15) is 19.3 Å². The first-order chi connectivity index (χ1) is 8.45. The first kappa shape index (κ1) is 12.4. The molecule has 18 heavy (non-hydrogen) atoms. The van der Waals surface area contributed by atoms with Crippen LogP contribution in [-0.2, 0) is 10.0 Å². The Morgan fingerprint density at radius 1 is 1.33 bits per heavy atom. The molecule has 3 atom stereocenters. The van der Waals surface area contributed by atoms with Crippen LogP contribution in [0.3, 0.4) is 0 Å². The highest BCUT2D eigenvalue weighted by Gasteiger charge is 2.47. The third kappa shape index (κ3) is 2.29. The molecule has 4 nitrogen and oxygen atoms in total. The molecule has 1 aromatic rings. The molecule has 2 aliphatic carbocycles. The summed E-state index contributed by atoms with van der Waals surface area (Å²) in [7, 11) is -3.63. The normalized spacial score (nSPS) is 30.0. The van der Waals surface area contributed by atoms with E-state index < -0.39 is 10.0 Å². The van der Waals surface area contributed by atoms with Crippen LogP contribution >= 0.6 is 15.9 Å². The minimum Gasteiger partial charge on any atom is -0.381 e. The van der Waals surface area contributed by atoms with Crippen LogP contribution in [0.15, 0.2) is 27.6 Å². The molecule has 0 spiro atoms. The van der Waals surface area contributed by atoms with Crippen molar-refractivity contribution in [2.75, 3.05) is 5.32 Å². The second-order valence-electron chi connectivity index (χ2n) is 5.17. The Morgan fingerprint density at radius 2 is 2.11 bits per heavy atom. The molecule has 0 radical (unpaired) electrons. The minimum atomic E-state index is -3.63. The molecule has 1 aromatic carbocycles. The molecule has 2 fully saturated rings. The van der Waals surface area contributed by atoms with Gasteiger partial charge in [0.05, 0.1) is 4.90 Å². The lowest BCUT2D eigenvalue weighted by molar-refractivity contribution is 0.597. The van der Waals surface area contributed by atoms with Gasteiger partial charge in [0.15, 0.2) is 0 Å².